The smallest absolute Gasteiger partial charge is 0.294 e. The van der Waals surface area contributed by atoms with E-state index in [0.29, 0.717) is 16.5 Å². The van der Waals surface area contributed by atoms with Crippen LogP contribution in [-0.4, -0.2) is 14.8 Å². The quantitative estimate of drug-likeness (QED) is 0.222. The lowest BCUT2D eigenvalue weighted by Crippen LogP contribution is -2.27. The van der Waals surface area contributed by atoms with Crippen molar-refractivity contribution >= 4 is 45.3 Å². The minimum absolute atomic E-state index is 0.258. The van der Waals surface area contributed by atoms with Gasteiger partial charge in [0.05, 0.1) is 5.69 Å². The summed E-state index contributed by atoms with van der Waals surface area (Å²) in [4.78, 5) is 16.8. The van der Waals surface area contributed by atoms with Crippen molar-refractivity contribution in [3.8, 4) is 0 Å². The maximum absolute atomic E-state index is 13.2. The van der Waals surface area contributed by atoms with E-state index in [2.05, 4.69) is 43.8 Å². The SMILES string of the molecule is Cc1ccc(N=Nc2c3n([nH]c2=O)C(c2ccc(Cl)cc2)C2=C(CCc4c2[nH]c2ccccc42)N3)cc1. The molecule has 7 nitrogen and oxygen atoms in total. The number of nitrogens with one attached hydrogen (secondary N) is 3. The number of hydrogen-bond donors (Lipinski definition) is 3. The Hall–Kier alpha value is -4.36. The summed E-state index contributed by atoms with van der Waals surface area (Å²) < 4.78 is 1.87. The van der Waals surface area contributed by atoms with Crippen molar-refractivity contribution < 1.29 is 0 Å². The Balaban J connectivity index is 1.41. The number of allylic oxidation sites excluding steroid dienone is 2. The van der Waals surface area contributed by atoms with Crippen molar-refractivity contribution in [1.29, 1.82) is 0 Å². The van der Waals surface area contributed by atoms with Gasteiger partial charge >= 0.3 is 0 Å². The van der Waals surface area contributed by atoms with E-state index in [0.717, 1.165) is 46.4 Å². The number of azo groups is 1. The first-order valence-electron chi connectivity index (χ1n) is 12.3. The highest BCUT2D eigenvalue weighted by Gasteiger charge is 2.37. The fourth-order valence-corrected chi connectivity index (χ4v) is 5.58. The molecule has 37 heavy (non-hydrogen) atoms. The van der Waals surface area contributed by atoms with Crippen LogP contribution in [0.2, 0.25) is 5.02 Å². The van der Waals surface area contributed by atoms with Gasteiger partial charge in [0.1, 0.15) is 6.04 Å². The average Bonchev–Trinajstić information content (AvgIpc) is 3.44. The fourth-order valence-electron chi connectivity index (χ4n) is 5.45. The predicted octanol–water partition coefficient (Wildman–Crippen LogP) is 7.41. The van der Waals surface area contributed by atoms with Gasteiger partial charge < -0.3 is 10.3 Å². The third-order valence-corrected chi connectivity index (χ3v) is 7.47. The molecule has 2 aromatic heterocycles. The van der Waals surface area contributed by atoms with Crippen molar-refractivity contribution in [3.05, 3.63) is 116 Å². The van der Waals surface area contributed by atoms with Crippen LogP contribution in [0.15, 0.2) is 93.5 Å². The molecule has 3 heterocycles. The third-order valence-electron chi connectivity index (χ3n) is 7.22. The summed E-state index contributed by atoms with van der Waals surface area (Å²) in [6.07, 6.45) is 1.72. The molecule has 0 saturated carbocycles. The number of para-hydroxylation sites is 1. The van der Waals surface area contributed by atoms with Gasteiger partial charge in [-0.1, -0.05) is 59.6 Å². The molecule has 8 heteroatoms. The molecule has 0 bridgehead atoms. The molecule has 5 aromatic rings. The summed E-state index contributed by atoms with van der Waals surface area (Å²) in [7, 11) is 0. The maximum Gasteiger partial charge on any atom is 0.294 e. The van der Waals surface area contributed by atoms with Gasteiger partial charge in [0.2, 0.25) is 0 Å². The summed E-state index contributed by atoms with van der Waals surface area (Å²) in [6.45, 7) is 2.02. The normalized spacial score (nSPS) is 16.5. The fraction of sp³-hybridized carbons (Fsp3) is 0.138. The van der Waals surface area contributed by atoms with E-state index in [1.807, 2.05) is 66.2 Å². The molecule has 0 fully saturated rings. The number of anilines is 1. The molecule has 0 spiro atoms. The zero-order chi connectivity index (χ0) is 25.1. The molecule has 0 radical (unpaired) electrons. The van der Waals surface area contributed by atoms with Crippen LogP contribution in [-0.2, 0) is 6.42 Å². The number of aryl methyl sites for hydroxylation is 2. The van der Waals surface area contributed by atoms with Crippen LogP contribution in [0.3, 0.4) is 0 Å². The number of H-pyrrole nitrogens is 2. The van der Waals surface area contributed by atoms with E-state index in [9.17, 15) is 4.79 Å². The Morgan fingerprint density at radius 3 is 2.54 bits per heavy atom. The largest absolute Gasteiger partial charge is 0.354 e. The number of benzene rings is 3. The van der Waals surface area contributed by atoms with Crippen molar-refractivity contribution in [2.75, 3.05) is 5.32 Å². The lowest BCUT2D eigenvalue weighted by Gasteiger charge is -2.34. The predicted molar refractivity (Wildman–Crippen MR) is 147 cm³/mol. The molecular weight excluding hydrogens is 484 g/mol. The summed E-state index contributed by atoms with van der Waals surface area (Å²) in [5.41, 5.74) is 8.49. The number of hydrogen-bond acceptors (Lipinski definition) is 4. The van der Waals surface area contributed by atoms with Gasteiger partial charge in [-0.05, 0) is 61.2 Å². The molecule has 0 saturated heterocycles. The summed E-state index contributed by atoms with van der Waals surface area (Å²) in [5, 5.41) is 17.2. The molecular formula is C29H23ClN6O. The molecule has 3 N–H and O–H groups in total. The first-order chi connectivity index (χ1) is 18.1. The van der Waals surface area contributed by atoms with Crippen LogP contribution in [0.4, 0.5) is 17.2 Å². The van der Waals surface area contributed by atoms with Gasteiger partial charge in [-0.2, -0.15) is 5.11 Å². The topological polar surface area (TPSA) is 90.3 Å². The number of rotatable bonds is 3. The Morgan fingerprint density at radius 1 is 0.946 bits per heavy atom. The second kappa shape index (κ2) is 8.35. The van der Waals surface area contributed by atoms with E-state index >= 15 is 0 Å². The summed E-state index contributed by atoms with van der Waals surface area (Å²) >= 11 is 6.24. The molecule has 1 aliphatic carbocycles. The molecule has 3 aromatic carbocycles. The van der Waals surface area contributed by atoms with Crippen molar-refractivity contribution in [3.63, 3.8) is 0 Å². The number of fused-ring (bicyclic) bond motifs is 5. The van der Waals surface area contributed by atoms with Gasteiger partial charge in [-0.3, -0.25) is 14.6 Å². The van der Waals surface area contributed by atoms with Gasteiger partial charge in [0.15, 0.2) is 11.5 Å². The first-order valence-corrected chi connectivity index (χ1v) is 12.6. The highest BCUT2D eigenvalue weighted by Crippen LogP contribution is 2.48. The standard InChI is InChI=1S/C29H23ClN6O/c1-16-6-12-19(13-7-16)33-34-26-28-32-23-15-14-21-20-4-2-3-5-22(20)31-25(21)24(23)27(36(28)35-29(26)37)17-8-10-18(30)11-9-17/h2-13,27,31-32H,14-15H2,1H3,(H,35,37). The molecule has 2 aliphatic rings. The Labute approximate surface area is 217 Å². The third kappa shape index (κ3) is 3.54. The Bertz CT molecular complexity index is 1790. The van der Waals surface area contributed by atoms with Gasteiger partial charge in [-0.25, -0.2) is 0 Å². The van der Waals surface area contributed by atoms with E-state index in [1.165, 1.54) is 10.9 Å². The zero-order valence-electron chi connectivity index (χ0n) is 20.0. The second-order valence-electron chi connectivity index (χ2n) is 9.54. The maximum atomic E-state index is 13.2. The zero-order valence-corrected chi connectivity index (χ0v) is 20.8. The highest BCUT2D eigenvalue weighted by atomic mass is 35.5. The molecule has 1 atom stereocenters. The minimum Gasteiger partial charge on any atom is -0.354 e. The number of aromatic amines is 2. The van der Waals surface area contributed by atoms with Crippen LogP contribution < -0.4 is 10.9 Å². The highest BCUT2D eigenvalue weighted by molar-refractivity contribution is 6.30. The Kier molecular flexibility index (Phi) is 4.94. The van der Waals surface area contributed by atoms with E-state index in [4.69, 9.17) is 11.6 Å². The van der Waals surface area contributed by atoms with Crippen LogP contribution in [0.5, 0.6) is 0 Å². The van der Waals surface area contributed by atoms with E-state index in [1.54, 1.807) is 0 Å². The number of halogens is 1. The lowest BCUT2D eigenvalue weighted by molar-refractivity contribution is 0.604. The van der Waals surface area contributed by atoms with Crippen molar-refractivity contribution in [1.82, 2.24) is 14.8 Å². The van der Waals surface area contributed by atoms with Crippen LogP contribution in [0.25, 0.3) is 16.5 Å². The van der Waals surface area contributed by atoms with Gasteiger partial charge in [-0.15, -0.1) is 5.11 Å². The summed E-state index contributed by atoms with van der Waals surface area (Å²) in [5.74, 6) is 0.610. The second-order valence-corrected chi connectivity index (χ2v) is 9.98. The molecule has 182 valence electrons. The lowest BCUT2D eigenvalue weighted by atomic mass is 9.84. The summed E-state index contributed by atoms with van der Waals surface area (Å²) in [6, 6.07) is 23.6. The molecule has 0 amide bonds. The van der Waals surface area contributed by atoms with Gasteiger partial charge in [0.25, 0.3) is 5.56 Å². The van der Waals surface area contributed by atoms with Crippen LogP contribution in [0.1, 0.15) is 34.8 Å². The average molecular weight is 507 g/mol. The van der Waals surface area contributed by atoms with E-state index < -0.39 is 0 Å². The molecule has 1 aliphatic heterocycles. The molecule has 1 unspecified atom stereocenters. The minimum atomic E-state index is -0.297. The van der Waals surface area contributed by atoms with Crippen LogP contribution >= 0.6 is 11.6 Å². The molecule has 7 rings (SSSR count). The van der Waals surface area contributed by atoms with E-state index in [-0.39, 0.29) is 17.3 Å². The van der Waals surface area contributed by atoms with Crippen LogP contribution in [0, 0.1) is 6.92 Å². The van der Waals surface area contributed by atoms with Crippen molar-refractivity contribution in [2.24, 2.45) is 10.2 Å². The Morgan fingerprint density at radius 2 is 1.73 bits per heavy atom. The first kappa shape index (κ1) is 21.9. The number of nitrogens with zero attached hydrogens (tertiary/aromatic N) is 3. The van der Waals surface area contributed by atoms with Gasteiger partial charge in [0, 0.05) is 32.9 Å². The monoisotopic (exact) mass is 506 g/mol. The van der Waals surface area contributed by atoms with Crippen molar-refractivity contribution in [2.45, 2.75) is 25.8 Å². The number of aromatic nitrogens is 3.